The van der Waals surface area contributed by atoms with Crippen molar-refractivity contribution in [2.24, 2.45) is 0 Å². The molecule has 2 rings (SSSR count). The summed E-state index contributed by atoms with van der Waals surface area (Å²) >= 11 is 1.57. The van der Waals surface area contributed by atoms with Gasteiger partial charge >= 0.3 is 0 Å². The van der Waals surface area contributed by atoms with Gasteiger partial charge in [0, 0.05) is 24.8 Å². The predicted octanol–water partition coefficient (Wildman–Crippen LogP) is 4.49. The summed E-state index contributed by atoms with van der Waals surface area (Å²) in [6.07, 6.45) is 8.73. The number of aryl methyl sites for hydroxylation is 1. The molecule has 0 saturated carbocycles. The molecule has 23 heavy (non-hydrogen) atoms. The molecule has 2 aromatic rings. The second-order valence-corrected chi connectivity index (χ2v) is 6.68. The lowest BCUT2D eigenvalue weighted by molar-refractivity contribution is 0.0714. The normalized spacial score (nSPS) is 12.1. The molecule has 0 spiro atoms. The average molecular weight is 331 g/mol. The molecule has 1 amide bonds. The zero-order chi connectivity index (χ0) is 16.7. The van der Waals surface area contributed by atoms with Crippen molar-refractivity contribution >= 4 is 17.2 Å². The van der Waals surface area contributed by atoms with E-state index in [9.17, 15) is 4.79 Å². The van der Waals surface area contributed by atoms with Gasteiger partial charge in [-0.15, -0.1) is 11.3 Å². The fourth-order valence-electron chi connectivity index (χ4n) is 2.61. The Bertz CT molecular complexity index is 612. The zero-order valence-corrected chi connectivity index (χ0v) is 15.0. The number of hydrogen-bond acceptors (Lipinski definition) is 4. The molecule has 0 aromatic carbocycles. The van der Waals surface area contributed by atoms with E-state index >= 15 is 0 Å². The highest BCUT2D eigenvalue weighted by atomic mass is 32.1. The third-order valence-electron chi connectivity index (χ3n) is 3.92. The quantitative estimate of drug-likeness (QED) is 0.716. The van der Waals surface area contributed by atoms with Gasteiger partial charge in [0.1, 0.15) is 5.69 Å². The van der Waals surface area contributed by atoms with E-state index < -0.39 is 0 Å². The fraction of sp³-hybridized carbons (Fsp3) is 0.500. The van der Waals surface area contributed by atoms with E-state index in [1.165, 1.54) is 0 Å². The minimum atomic E-state index is -0.00596. The first-order chi connectivity index (χ1) is 11.2. The number of pyridine rings is 1. The van der Waals surface area contributed by atoms with Crippen LogP contribution in [0.3, 0.4) is 0 Å². The molecule has 0 unspecified atom stereocenters. The van der Waals surface area contributed by atoms with Crippen LogP contribution in [0.1, 0.15) is 66.6 Å². The van der Waals surface area contributed by atoms with Gasteiger partial charge in [0.2, 0.25) is 0 Å². The summed E-state index contributed by atoms with van der Waals surface area (Å²) in [6.45, 7) is 4.29. The van der Waals surface area contributed by atoms with Crippen molar-refractivity contribution in [2.75, 3.05) is 7.05 Å². The maximum Gasteiger partial charge on any atom is 0.273 e. The molecule has 2 aromatic heterocycles. The molecule has 0 aliphatic carbocycles. The molecule has 124 valence electrons. The van der Waals surface area contributed by atoms with Crippen LogP contribution in [0.15, 0.2) is 29.9 Å². The molecular formula is C18H25N3OS. The lowest BCUT2D eigenvalue weighted by atomic mass is 10.0. The van der Waals surface area contributed by atoms with Crippen molar-refractivity contribution in [2.45, 2.75) is 52.0 Å². The number of carbonyl (C=O) groups excluding carboxylic acids is 1. The van der Waals surface area contributed by atoms with Gasteiger partial charge in [0.15, 0.2) is 0 Å². The van der Waals surface area contributed by atoms with Crippen molar-refractivity contribution in [3.05, 3.63) is 46.2 Å². The van der Waals surface area contributed by atoms with Gasteiger partial charge in [-0.25, -0.2) is 4.98 Å². The molecule has 1 atom stereocenters. The van der Waals surface area contributed by atoms with Gasteiger partial charge < -0.3 is 4.90 Å². The Kier molecular flexibility index (Phi) is 6.71. The van der Waals surface area contributed by atoms with Crippen LogP contribution in [0.4, 0.5) is 0 Å². The van der Waals surface area contributed by atoms with Crippen LogP contribution in [0, 0.1) is 0 Å². The standard InChI is InChI=1S/C18H25N3OS/c1-4-6-10-16(14-9-7-11-19-12-14)21(3)18(22)15-13-23-17(20-15)8-5-2/h7,9,11-13,16H,4-6,8,10H2,1-3H3/t16-/m0/s1. The van der Waals surface area contributed by atoms with E-state index in [4.69, 9.17) is 0 Å². The molecule has 0 saturated heterocycles. The number of rotatable bonds is 8. The third-order valence-corrected chi connectivity index (χ3v) is 4.83. The van der Waals surface area contributed by atoms with Crippen molar-refractivity contribution in [1.29, 1.82) is 0 Å². The summed E-state index contributed by atoms with van der Waals surface area (Å²) in [4.78, 5) is 23.3. The molecule has 4 nitrogen and oxygen atoms in total. The zero-order valence-electron chi connectivity index (χ0n) is 14.2. The molecule has 0 radical (unpaired) electrons. The largest absolute Gasteiger partial charge is 0.333 e. The van der Waals surface area contributed by atoms with Crippen LogP contribution in [0.25, 0.3) is 0 Å². The van der Waals surface area contributed by atoms with Crippen LogP contribution in [0.5, 0.6) is 0 Å². The highest BCUT2D eigenvalue weighted by Crippen LogP contribution is 2.26. The SMILES string of the molecule is CCCC[C@@H](c1cccnc1)N(C)C(=O)c1csc(CCC)n1. The molecule has 0 aliphatic rings. The lowest BCUT2D eigenvalue weighted by Crippen LogP contribution is -2.31. The Hall–Kier alpha value is -1.75. The van der Waals surface area contributed by atoms with Gasteiger partial charge in [-0.3, -0.25) is 9.78 Å². The summed E-state index contributed by atoms with van der Waals surface area (Å²) < 4.78 is 0. The first-order valence-corrected chi connectivity index (χ1v) is 9.16. The van der Waals surface area contributed by atoms with Crippen molar-refractivity contribution < 1.29 is 4.79 Å². The van der Waals surface area contributed by atoms with Crippen LogP contribution in [0.2, 0.25) is 0 Å². The Morgan fingerprint density at radius 2 is 2.17 bits per heavy atom. The summed E-state index contributed by atoms with van der Waals surface area (Å²) in [5.41, 5.74) is 1.65. The number of carbonyl (C=O) groups is 1. The Morgan fingerprint density at radius 3 is 2.83 bits per heavy atom. The number of thiazole rings is 1. The number of hydrogen-bond donors (Lipinski definition) is 0. The van der Waals surface area contributed by atoms with Crippen molar-refractivity contribution in [3.8, 4) is 0 Å². The van der Waals surface area contributed by atoms with E-state index in [0.29, 0.717) is 5.69 Å². The third kappa shape index (κ3) is 4.61. The second kappa shape index (κ2) is 8.77. The Morgan fingerprint density at radius 1 is 1.35 bits per heavy atom. The van der Waals surface area contributed by atoms with E-state index in [0.717, 1.165) is 42.7 Å². The maximum absolute atomic E-state index is 12.8. The van der Waals surface area contributed by atoms with Crippen LogP contribution >= 0.6 is 11.3 Å². The number of nitrogens with zero attached hydrogens (tertiary/aromatic N) is 3. The topological polar surface area (TPSA) is 46.1 Å². The minimum Gasteiger partial charge on any atom is -0.333 e. The predicted molar refractivity (Wildman–Crippen MR) is 94.7 cm³/mol. The van der Waals surface area contributed by atoms with Crippen LogP contribution in [-0.4, -0.2) is 27.8 Å². The smallest absolute Gasteiger partial charge is 0.273 e. The highest BCUT2D eigenvalue weighted by molar-refractivity contribution is 7.09. The molecular weight excluding hydrogens is 306 g/mol. The van der Waals surface area contributed by atoms with Gasteiger partial charge in [-0.05, 0) is 30.9 Å². The first-order valence-electron chi connectivity index (χ1n) is 8.28. The monoisotopic (exact) mass is 331 g/mol. The number of unbranched alkanes of at least 4 members (excludes halogenated alkanes) is 1. The minimum absolute atomic E-state index is 0.00596. The van der Waals surface area contributed by atoms with E-state index in [1.807, 2.05) is 35.7 Å². The second-order valence-electron chi connectivity index (χ2n) is 5.74. The molecule has 0 fully saturated rings. The average Bonchev–Trinajstić information content (AvgIpc) is 3.04. The first kappa shape index (κ1) is 17.6. The van der Waals surface area contributed by atoms with E-state index in [-0.39, 0.29) is 11.9 Å². The van der Waals surface area contributed by atoms with Crippen molar-refractivity contribution in [1.82, 2.24) is 14.9 Å². The Labute approximate surface area is 142 Å². The summed E-state index contributed by atoms with van der Waals surface area (Å²) in [7, 11) is 1.87. The lowest BCUT2D eigenvalue weighted by Gasteiger charge is -2.28. The van der Waals surface area contributed by atoms with Crippen molar-refractivity contribution in [3.63, 3.8) is 0 Å². The maximum atomic E-state index is 12.8. The molecule has 0 N–H and O–H groups in total. The molecule has 0 bridgehead atoms. The molecule has 0 aliphatic heterocycles. The molecule has 5 heteroatoms. The summed E-state index contributed by atoms with van der Waals surface area (Å²) in [5, 5.41) is 2.92. The number of amides is 1. The van der Waals surface area contributed by atoms with Crippen LogP contribution in [-0.2, 0) is 6.42 Å². The van der Waals surface area contributed by atoms with E-state index in [1.54, 1.807) is 17.5 Å². The van der Waals surface area contributed by atoms with Gasteiger partial charge in [-0.1, -0.05) is 32.8 Å². The number of aromatic nitrogens is 2. The van der Waals surface area contributed by atoms with E-state index in [2.05, 4.69) is 23.8 Å². The fourth-order valence-corrected chi connectivity index (χ4v) is 3.49. The Balaban J connectivity index is 2.18. The van der Waals surface area contributed by atoms with Gasteiger partial charge in [0.25, 0.3) is 5.91 Å². The van der Waals surface area contributed by atoms with Gasteiger partial charge in [-0.2, -0.15) is 0 Å². The summed E-state index contributed by atoms with van der Waals surface area (Å²) in [6, 6.07) is 4.02. The van der Waals surface area contributed by atoms with Gasteiger partial charge in [0.05, 0.1) is 11.0 Å². The molecule has 2 heterocycles. The van der Waals surface area contributed by atoms with Crippen LogP contribution < -0.4 is 0 Å². The summed E-state index contributed by atoms with van der Waals surface area (Å²) in [5.74, 6) is -0.00596. The highest BCUT2D eigenvalue weighted by Gasteiger charge is 2.24.